The Labute approximate surface area is 125 Å². The molecule has 0 radical (unpaired) electrons. The van der Waals surface area contributed by atoms with Crippen LogP contribution in [0.25, 0.3) is 0 Å². The Morgan fingerprint density at radius 2 is 1.86 bits per heavy atom. The van der Waals surface area contributed by atoms with Gasteiger partial charge in [-0.3, -0.25) is 4.79 Å². The molecule has 0 aliphatic heterocycles. The van der Waals surface area contributed by atoms with Crippen molar-refractivity contribution >= 4 is 11.6 Å². The van der Waals surface area contributed by atoms with Gasteiger partial charge >= 0.3 is 0 Å². The maximum absolute atomic E-state index is 14.1. The van der Waals surface area contributed by atoms with Gasteiger partial charge in [0.15, 0.2) is 0 Å². The number of unbranched alkanes of at least 4 members (excludes halogenated alkanes) is 1. The molecular weight excluding hydrogens is 265 g/mol. The minimum atomic E-state index is -0.461. The summed E-state index contributed by atoms with van der Waals surface area (Å²) in [6.07, 6.45) is 1.86. The number of aryl methyl sites for hydroxylation is 1. The van der Waals surface area contributed by atoms with Gasteiger partial charge in [-0.1, -0.05) is 37.6 Å². The van der Waals surface area contributed by atoms with Crippen LogP contribution in [0.5, 0.6) is 0 Å². The summed E-state index contributed by atoms with van der Waals surface area (Å²) in [6.45, 7) is 4.47. The fraction of sp³-hybridized carbons (Fsp3) is 0.278. The van der Waals surface area contributed by atoms with E-state index in [-0.39, 0.29) is 11.5 Å². The molecule has 0 aliphatic rings. The Morgan fingerprint density at radius 3 is 2.48 bits per heavy atom. The third-order valence-electron chi connectivity index (χ3n) is 3.40. The topological polar surface area (TPSA) is 20.3 Å². The second-order valence-electron chi connectivity index (χ2n) is 5.13. The van der Waals surface area contributed by atoms with Crippen molar-refractivity contribution < 1.29 is 9.18 Å². The van der Waals surface area contributed by atoms with Crippen molar-refractivity contribution in [1.29, 1.82) is 0 Å². The van der Waals surface area contributed by atoms with E-state index >= 15 is 0 Å². The first-order chi connectivity index (χ1) is 10.1. The zero-order chi connectivity index (χ0) is 15.2. The van der Waals surface area contributed by atoms with Crippen LogP contribution in [0.1, 0.15) is 35.7 Å². The molecule has 2 aromatic carbocycles. The molecule has 0 heterocycles. The molecule has 3 heteroatoms. The summed E-state index contributed by atoms with van der Waals surface area (Å²) < 4.78 is 14.1. The van der Waals surface area contributed by atoms with Gasteiger partial charge in [0.1, 0.15) is 5.82 Å². The summed E-state index contributed by atoms with van der Waals surface area (Å²) in [5.41, 5.74) is 1.74. The molecule has 2 nitrogen and oxygen atoms in total. The maximum atomic E-state index is 14.1. The summed E-state index contributed by atoms with van der Waals surface area (Å²) in [7, 11) is 0. The van der Waals surface area contributed by atoms with Gasteiger partial charge in [0, 0.05) is 12.2 Å². The molecule has 0 aliphatic carbocycles. The predicted molar refractivity (Wildman–Crippen MR) is 84.2 cm³/mol. The Bertz CT molecular complexity index is 610. The average Bonchev–Trinajstić information content (AvgIpc) is 2.48. The molecular formula is C18H20FNO. The van der Waals surface area contributed by atoms with Gasteiger partial charge < -0.3 is 4.90 Å². The first-order valence-corrected chi connectivity index (χ1v) is 7.26. The number of nitrogens with zero attached hydrogens (tertiary/aromatic N) is 1. The molecule has 0 spiro atoms. The maximum Gasteiger partial charge on any atom is 0.261 e. The standard InChI is InChI=1S/C18H20FNO/c1-3-4-12-20(15-8-6-5-7-9-15)18(21)16-11-10-14(2)13-17(16)19/h5-11,13H,3-4,12H2,1-2H3. The molecule has 2 rings (SSSR count). The van der Waals surface area contributed by atoms with Gasteiger partial charge in [0.05, 0.1) is 5.56 Å². The number of para-hydroxylation sites is 1. The van der Waals surface area contributed by atoms with E-state index in [4.69, 9.17) is 0 Å². The van der Waals surface area contributed by atoms with E-state index in [1.54, 1.807) is 17.0 Å². The van der Waals surface area contributed by atoms with Gasteiger partial charge in [-0.15, -0.1) is 0 Å². The Morgan fingerprint density at radius 1 is 1.14 bits per heavy atom. The first-order valence-electron chi connectivity index (χ1n) is 7.26. The molecule has 21 heavy (non-hydrogen) atoms. The van der Waals surface area contributed by atoms with Crippen molar-refractivity contribution in [3.8, 4) is 0 Å². The van der Waals surface area contributed by atoms with Crippen molar-refractivity contribution in [3.05, 3.63) is 65.5 Å². The smallest absolute Gasteiger partial charge is 0.261 e. The van der Waals surface area contributed by atoms with Crippen molar-refractivity contribution in [1.82, 2.24) is 0 Å². The van der Waals surface area contributed by atoms with Gasteiger partial charge in [-0.05, 0) is 43.2 Å². The molecule has 0 aromatic heterocycles. The molecule has 0 unspecified atom stereocenters. The summed E-state index contributed by atoms with van der Waals surface area (Å²) >= 11 is 0. The quantitative estimate of drug-likeness (QED) is 0.787. The highest BCUT2D eigenvalue weighted by Crippen LogP contribution is 2.20. The predicted octanol–water partition coefficient (Wildman–Crippen LogP) is 4.58. The van der Waals surface area contributed by atoms with Gasteiger partial charge in [0.2, 0.25) is 0 Å². The largest absolute Gasteiger partial charge is 0.308 e. The molecule has 0 saturated heterocycles. The van der Waals surface area contributed by atoms with E-state index in [2.05, 4.69) is 6.92 Å². The fourth-order valence-electron chi connectivity index (χ4n) is 2.21. The van der Waals surface area contributed by atoms with Crippen molar-refractivity contribution in [2.45, 2.75) is 26.7 Å². The number of hydrogen-bond acceptors (Lipinski definition) is 1. The van der Waals surface area contributed by atoms with Gasteiger partial charge in [-0.2, -0.15) is 0 Å². The normalized spacial score (nSPS) is 10.4. The van der Waals surface area contributed by atoms with Gasteiger partial charge in [-0.25, -0.2) is 4.39 Å². The highest BCUT2D eigenvalue weighted by Gasteiger charge is 2.20. The highest BCUT2D eigenvalue weighted by molar-refractivity contribution is 6.06. The number of halogens is 1. The summed E-state index contributed by atoms with van der Waals surface area (Å²) in [5, 5.41) is 0. The van der Waals surface area contributed by atoms with Crippen LogP contribution < -0.4 is 4.90 Å². The Balaban J connectivity index is 2.34. The van der Waals surface area contributed by atoms with Crippen LogP contribution in [-0.2, 0) is 0 Å². The minimum absolute atomic E-state index is 0.126. The van der Waals surface area contributed by atoms with E-state index < -0.39 is 5.82 Å². The fourth-order valence-corrected chi connectivity index (χ4v) is 2.21. The molecule has 0 bridgehead atoms. The second-order valence-corrected chi connectivity index (χ2v) is 5.13. The van der Waals surface area contributed by atoms with E-state index in [1.807, 2.05) is 37.3 Å². The number of amides is 1. The van der Waals surface area contributed by atoms with E-state index in [9.17, 15) is 9.18 Å². The third-order valence-corrected chi connectivity index (χ3v) is 3.40. The van der Waals surface area contributed by atoms with Crippen LogP contribution >= 0.6 is 0 Å². The number of rotatable bonds is 5. The van der Waals surface area contributed by atoms with Crippen LogP contribution in [0.15, 0.2) is 48.5 Å². The van der Waals surface area contributed by atoms with Gasteiger partial charge in [0.25, 0.3) is 5.91 Å². The molecule has 0 fully saturated rings. The number of anilines is 1. The zero-order valence-electron chi connectivity index (χ0n) is 12.5. The number of hydrogen-bond donors (Lipinski definition) is 0. The van der Waals surface area contributed by atoms with Crippen molar-refractivity contribution in [2.75, 3.05) is 11.4 Å². The lowest BCUT2D eigenvalue weighted by atomic mass is 10.1. The average molecular weight is 285 g/mol. The summed E-state index contributed by atoms with van der Waals surface area (Å²) in [5.74, 6) is -0.746. The Kier molecular flexibility index (Phi) is 5.09. The second kappa shape index (κ2) is 7.02. The number of carbonyl (C=O) groups excluding carboxylic acids is 1. The van der Waals surface area contributed by atoms with E-state index in [0.29, 0.717) is 6.54 Å². The SMILES string of the molecule is CCCCN(C(=O)c1ccc(C)cc1F)c1ccccc1. The monoisotopic (exact) mass is 285 g/mol. The van der Waals surface area contributed by atoms with Crippen LogP contribution in [-0.4, -0.2) is 12.5 Å². The summed E-state index contributed by atoms with van der Waals surface area (Å²) in [6, 6.07) is 14.1. The van der Waals surface area contributed by atoms with Crippen LogP contribution in [0.2, 0.25) is 0 Å². The first kappa shape index (κ1) is 15.2. The third kappa shape index (κ3) is 3.69. The van der Waals surface area contributed by atoms with Crippen molar-refractivity contribution in [2.24, 2.45) is 0 Å². The van der Waals surface area contributed by atoms with E-state index in [1.165, 1.54) is 6.07 Å². The van der Waals surface area contributed by atoms with Crippen LogP contribution in [0.4, 0.5) is 10.1 Å². The number of benzene rings is 2. The van der Waals surface area contributed by atoms with Crippen LogP contribution in [0.3, 0.4) is 0 Å². The number of carbonyl (C=O) groups is 1. The lowest BCUT2D eigenvalue weighted by Gasteiger charge is -2.23. The van der Waals surface area contributed by atoms with Crippen molar-refractivity contribution in [3.63, 3.8) is 0 Å². The molecule has 0 atom stereocenters. The lowest BCUT2D eigenvalue weighted by Crippen LogP contribution is -2.32. The summed E-state index contributed by atoms with van der Waals surface area (Å²) in [4.78, 5) is 14.3. The van der Waals surface area contributed by atoms with Crippen LogP contribution in [0, 0.1) is 12.7 Å². The molecule has 110 valence electrons. The lowest BCUT2D eigenvalue weighted by molar-refractivity contribution is 0.0982. The molecule has 2 aromatic rings. The Hall–Kier alpha value is -2.16. The molecule has 0 N–H and O–H groups in total. The highest BCUT2D eigenvalue weighted by atomic mass is 19.1. The molecule has 1 amide bonds. The minimum Gasteiger partial charge on any atom is -0.308 e. The molecule has 0 saturated carbocycles. The van der Waals surface area contributed by atoms with E-state index in [0.717, 1.165) is 24.1 Å². The zero-order valence-corrected chi connectivity index (χ0v) is 12.5.